The van der Waals surface area contributed by atoms with Gasteiger partial charge in [-0.05, 0) is 19.5 Å². The molecule has 18 heavy (non-hydrogen) atoms. The third-order valence-electron chi connectivity index (χ3n) is 3.10. The van der Waals surface area contributed by atoms with Gasteiger partial charge in [-0.25, -0.2) is 0 Å². The number of rotatable bonds is 7. The Hall–Kier alpha value is -1.26. The van der Waals surface area contributed by atoms with E-state index in [0.717, 1.165) is 12.1 Å². The molecule has 0 aliphatic rings. The van der Waals surface area contributed by atoms with Crippen LogP contribution in [0, 0.1) is 0 Å². The van der Waals surface area contributed by atoms with E-state index in [0.29, 0.717) is 24.9 Å². The van der Waals surface area contributed by atoms with E-state index in [1.54, 1.807) is 20.3 Å². The van der Waals surface area contributed by atoms with Gasteiger partial charge < -0.3 is 14.6 Å². The topological polar surface area (TPSA) is 41.9 Å². The summed E-state index contributed by atoms with van der Waals surface area (Å²) in [6.07, 6.45) is 0. The monoisotopic (exact) mass is 253 g/mol. The van der Waals surface area contributed by atoms with Crippen molar-refractivity contribution in [2.45, 2.75) is 26.4 Å². The summed E-state index contributed by atoms with van der Waals surface area (Å²) in [4.78, 5) is 2.25. The molecule has 0 fully saturated rings. The van der Waals surface area contributed by atoms with Crippen LogP contribution in [0.3, 0.4) is 0 Å². The Morgan fingerprint density at radius 1 is 1.33 bits per heavy atom. The lowest BCUT2D eigenvalue weighted by atomic mass is 10.1. The van der Waals surface area contributed by atoms with Gasteiger partial charge >= 0.3 is 0 Å². The molecule has 0 amide bonds. The summed E-state index contributed by atoms with van der Waals surface area (Å²) in [6, 6.07) is 5.73. The molecule has 1 aromatic carbocycles. The Balaban J connectivity index is 2.75. The van der Waals surface area contributed by atoms with Crippen LogP contribution in [0.2, 0.25) is 0 Å². The maximum atomic E-state index is 9.94. The molecule has 1 rings (SSSR count). The number of phenols is 1. The molecule has 4 nitrogen and oxygen atoms in total. The lowest BCUT2D eigenvalue weighted by Crippen LogP contribution is -2.35. The molecule has 1 N–H and O–H groups in total. The summed E-state index contributed by atoms with van der Waals surface area (Å²) in [5.41, 5.74) is 0.903. The number of methoxy groups -OCH3 is 2. The number of likely N-dealkylation sites (N-methyl/N-ethyl adjacent to an activating group) is 1. The van der Waals surface area contributed by atoms with Crippen molar-refractivity contribution in [3.05, 3.63) is 23.8 Å². The second-order valence-electron chi connectivity index (χ2n) is 4.36. The van der Waals surface area contributed by atoms with Gasteiger partial charge in [0.05, 0.1) is 13.7 Å². The summed E-state index contributed by atoms with van der Waals surface area (Å²) >= 11 is 0. The fourth-order valence-electron chi connectivity index (χ4n) is 1.95. The zero-order chi connectivity index (χ0) is 13.5. The van der Waals surface area contributed by atoms with E-state index in [-0.39, 0.29) is 5.75 Å². The van der Waals surface area contributed by atoms with Crippen LogP contribution >= 0.6 is 0 Å². The lowest BCUT2D eigenvalue weighted by Gasteiger charge is -2.27. The summed E-state index contributed by atoms with van der Waals surface area (Å²) in [5.74, 6) is 0.946. The minimum Gasteiger partial charge on any atom is -0.507 e. The molecule has 1 atom stereocenters. The van der Waals surface area contributed by atoms with Gasteiger partial charge in [-0.1, -0.05) is 13.0 Å². The van der Waals surface area contributed by atoms with Gasteiger partial charge in [0.15, 0.2) is 0 Å². The van der Waals surface area contributed by atoms with Crippen molar-refractivity contribution in [2.75, 3.05) is 27.4 Å². The number of hydrogen-bond donors (Lipinski definition) is 1. The Labute approximate surface area is 109 Å². The Morgan fingerprint density at radius 3 is 2.56 bits per heavy atom. The van der Waals surface area contributed by atoms with Gasteiger partial charge in [0.1, 0.15) is 11.5 Å². The molecular formula is C14H23NO3. The first kappa shape index (κ1) is 14.8. The molecule has 1 unspecified atom stereocenters. The van der Waals surface area contributed by atoms with Crippen molar-refractivity contribution in [2.24, 2.45) is 0 Å². The quantitative estimate of drug-likeness (QED) is 0.809. The predicted molar refractivity (Wildman–Crippen MR) is 72.1 cm³/mol. The number of phenolic OH excluding ortho intramolecular Hbond substituents is 1. The van der Waals surface area contributed by atoms with Gasteiger partial charge in [0, 0.05) is 31.3 Å². The van der Waals surface area contributed by atoms with Crippen molar-refractivity contribution >= 4 is 0 Å². The van der Waals surface area contributed by atoms with Crippen LogP contribution in [0.1, 0.15) is 19.4 Å². The van der Waals surface area contributed by atoms with Crippen molar-refractivity contribution in [3.63, 3.8) is 0 Å². The fourth-order valence-corrected chi connectivity index (χ4v) is 1.95. The highest BCUT2D eigenvalue weighted by atomic mass is 16.5. The van der Waals surface area contributed by atoms with Crippen molar-refractivity contribution in [1.29, 1.82) is 0 Å². The zero-order valence-electron chi connectivity index (χ0n) is 11.6. The first-order valence-corrected chi connectivity index (χ1v) is 6.21. The Morgan fingerprint density at radius 2 is 2.06 bits per heavy atom. The summed E-state index contributed by atoms with van der Waals surface area (Å²) < 4.78 is 10.2. The normalized spacial score (nSPS) is 12.7. The largest absolute Gasteiger partial charge is 0.507 e. The highest BCUT2D eigenvalue weighted by molar-refractivity contribution is 5.39. The minimum absolute atomic E-state index is 0.275. The number of nitrogens with zero attached hydrogens (tertiary/aromatic N) is 1. The van der Waals surface area contributed by atoms with Crippen molar-refractivity contribution < 1.29 is 14.6 Å². The molecule has 0 heterocycles. The molecule has 0 saturated heterocycles. The fraction of sp³-hybridized carbons (Fsp3) is 0.571. The van der Waals surface area contributed by atoms with E-state index in [4.69, 9.17) is 9.47 Å². The Kier molecular flexibility index (Phi) is 5.95. The molecule has 0 aliphatic heterocycles. The van der Waals surface area contributed by atoms with E-state index < -0.39 is 0 Å². The van der Waals surface area contributed by atoms with Crippen LogP contribution in [0.15, 0.2) is 18.2 Å². The molecule has 4 heteroatoms. The first-order chi connectivity index (χ1) is 8.62. The van der Waals surface area contributed by atoms with Crippen molar-refractivity contribution in [1.82, 2.24) is 4.90 Å². The molecule has 0 spiro atoms. The predicted octanol–water partition coefficient (Wildman–Crippen LogP) is 2.26. The van der Waals surface area contributed by atoms with Crippen LogP contribution in [0.5, 0.6) is 11.5 Å². The van der Waals surface area contributed by atoms with Crippen LogP contribution in [0.25, 0.3) is 0 Å². The highest BCUT2D eigenvalue weighted by Crippen LogP contribution is 2.25. The molecule has 0 aliphatic carbocycles. The molecular weight excluding hydrogens is 230 g/mol. The average Bonchev–Trinajstić information content (AvgIpc) is 2.37. The van der Waals surface area contributed by atoms with E-state index >= 15 is 0 Å². The van der Waals surface area contributed by atoms with Crippen LogP contribution in [0.4, 0.5) is 0 Å². The maximum Gasteiger partial charge on any atom is 0.123 e. The highest BCUT2D eigenvalue weighted by Gasteiger charge is 2.14. The number of ether oxygens (including phenoxy) is 2. The van der Waals surface area contributed by atoms with Crippen LogP contribution in [-0.2, 0) is 11.3 Å². The van der Waals surface area contributed by atoms with Crippen LogP contribution in [-0.4, -0.2) is 43.4 Å². The number of benzene rings is 1. The summed E-state index contributed by atoms with van der Waals surface area (Å²) in [6.45, 7) is 6.53. The van der Waals surface area contributed by atoms with Crippen LogP contribution < -0.4 is 4.74 Å². The number of hydrogen-bond acceptors (Lipinski definition) is 4. The van der Waals surface area contributed by atoms with E-state index in [1.807, 2.05) is 12.1 Å². The second kappa shape index (κ2) is 7.24. The molecule has 0 saturated carbocycles. The molecule has 0 aromatic heterocycles. The van der Waals surface area contributed by atoms with Crippen molar-refractivity contribution in [3.8, 4) is 11.5 Å². The van der Waals surface area contributed by atoms with Gasteiger partial charge in [0.2, 0.25) is 0 Å². The third kappa shape index (κ3) is 3.89. The Bertz CT molecular complexity index is 368. The van der Waals surface area contributed by atoms with Gasteiger partial charge in [-0.2, -0.15) is 0 Å². The zero-order valence-corrected chi connectivity index (χ0v) is 11.6. The third-order valence-corrected chi connectivity index (χ3v) is 3.10. The summed E-state index contributed by atoms with van der Waals surface area (Å²) in [5, 5.41) is 9.94. The smallest absolute Gasteiger partial charge is 0.123 e. The SMILES string of the molecule is CCN(Cc1ccc(OC)cc1O)C(C)COC. The van der Waals surface area contributed by atoms with E-state index in [2.05, 4.69) is 18.7 Å². The maximum absolute atomic E-state index is 9.94. The molecule has 0 bridgehead atoms. The van der Waals surface area contributed by atoms with Gasteiger partial charge in [-0.15, -0.1) is 0 Å². The van der Waals surface area contributed by atoms with E-state index in [1.165, 1.54) is 0 Å². The summed E-state index contributed by atoms with van der Waals surface area (Å²) in [7, 11) is 3.29. The minimum atomic E-state index is 0.275. The molecule has 102 valence electrons. The standard InChI is InChI=1S/C14H23NO3/c1-5-15(11(2)10-17-3)9-12-6-7-13(18-4)8-14(12)16/h6-8,11,16H,5,9-10H2,1-4H3. The lowest BCUT2D eigenvalue weighted by molar-refractivity contribution is 0.0976. The van der Waals surface area contributed by atoms with Gasteiger partial charge in [0.25, 0.3) is 0 Å². The van der Waals surface area contributed by atoms with E-state index in [9.17, 15) is 5.11 Å². The molecule has 0 radical (unpaired) electrons. The first-order valence-electron chi connectivity index (χ1n) is 6.21. The number of aromatic hydroxyl groups is 1. The second-order valence-corrected chi connectivity index (χ2v) is 4.36. The molecule has 1 aromatic rings. The average molecular weight is 253 g/mol. The van der Waals surface area contributed by atoms with Gasteiger partial charge in [-0.3, -0.25) is 4.90 Å².